The number of guanidine groups is 1. The molecule has 2 aromatic carbocycles. The van der Waals surface area contributed by atoms with Crippen molar-refractivity contribution in [1.82, 2.24) is 14.5 Å². The molecule has 5 rings (SSSR count). The zero-order valence-corrected chi connectivity index (χ0v) is 21.7. The van der Waals surface area contributed by atoms with E-state index in [-0.39, 0.29) is 29.1 Å². The summed E-state index contributed by atoms with van der Waals surface area (Å²) >= 11 is 0. The van der Waals surface area contributed by atoms with Crippen molar-refractivity contribution >= 4 is 29.1 Å². The Morgan fingerprint density at radius 1 is 1.15 bits per heavy atom. The van der Waals surface area contributed by atoms with Gasteiger partial charge >= 0.3 is 5.69 Å². The Kier molecular flexibility index (Phi) is 7.91. The first-order valence-electron chi connectivity index (χ1n) is 13.0. The highest BCUT2D eigenvalue weighted by molar-refractivity contribution is 6.05. The van der Waals surface area contributed by atoms with Crippen molar-refractivity contribution in [2.24, 2.45) is 16.5 Å². The van der Waals surface area contributed by atoms with E-state index in [1.165, 1.54) is 12.1 Å². The van der Waals surface area contributed by atoms with Gasteiger partial charge in [0, 0.05) is 30.8 Å². The van der Waals surface area contributed by atoms with Crippen LogP contribution in [0, 0.1) is 11.6 Å². The lowest BCUT2D eigenvalue weighted by Crippen LogP contribution is -2.30. The number of likely N-dealkylation sites (tertiary alicyclic amines) is 1. The summed E-state index contributed by atoms with van der Waals surface area (Å²) in [6.45, 7) is 3.23. The second-order valence-corrected chi connectivity index (χ2v) is 9.75. The molecule has 0 saturated carbocycles. The normalized spacial score (nSPS) is 16.5. The number of carbonyl (C=O) groups is 1. The third-order valence-corrected chi connectivity index (χ3v) is 6.92. The van der Waals surface area contributed by atoms with Crippen LogP contribution >= 0.6 is 0 Å². The van der Waals surface area contributed by atoms with Crippen molar-refractivity contribution in [1.29, 1.82) is 0 Å². The van der Waals surface area contributed by atoms with Crippen LogP contribution in [-0.2, 0) is 0 Å². The Labute approximate surface area is 228 Å². The Hall–Kier alpha value is -4.52. The maximum atomic E-state index is 14.0. The number of halogens is 2. The Morgan fingerprint density at radius 3 is 2.80 bits per heavy atom. The average molecular weight is 553 g/mol. The molecule has 3 aromatic rings. The van der Waals surface area contributed by atoms with Gasteiger partial charge in [-0.05, 0) is 69.1 Å². The number of anilines is 3. The summed E-state index contributed by atoms with van der Waals surface area (Å²) in [5.74, 6) is -1.04. The van der Waals surface area contributed by atoms with Crippen LogP contribution in [-0.4, -0.2) is 52.5 Å². The average Bonchev–Trinajstić information content (AvgIpc) is 3.16. The SMILES string of the molecule is NC(N)=NCCCN1CCCC(n2cc3c(nc2=O)Nc2cc(C(=O)Nc4ccc(F)cc4F)ccc2O3)CC1. The van der Waals surface area contributed by atoms with Crippen molar-refractivity contribution in [2.75, 3.05) is 36.8 Å². The minimum Gasteiger partial charge on any atom is -0.450 e. The van der Waals surface area contributed by atoms with E-state index in [1.54, 1.807) is 16.8 Å². The van der Waals surface area contributed by atoms with Gasteiger partial charge in [0.05, 0.1) is 17.6 Å². The fraction of sp³-hybridized carbons (Fsp3) is 0.333. The van der Waals surface area contributed by atoms with Gasteiger partial charge in [-0.3, -0.25) is 14.4 Å². The third-order valence-electron chi connectivity index (χ3n) is 6.92. The molecule has 2 aliphatic heterocycles. The van der Waals surface area contributed by atoms with Crippen LogP contribution in [0.3, 0.4) is 0 Å². The molecule has 0 spiro atoms. The Bertz CT molecular complexity index is 1510. The van der Waals surface area contributed by atoms with Gasteiger partial charge in [0.25, 0.3) is 5.91 Å². The predicted octanol–water partition coefficient (Wildman–Crippen LogP) is 3.31. The van der Waals surface area contributed by atoms with Crippen LogP contribution in [0.15, 0.2) is 52.4 Å². The number of benzene rings is 2. The molecule has 0 aliphatic carbocycles. The number of ether oxygens (including phenoxy) is 1. The van der Waals surface area contributed by atoms with Crippen LogP contribution in [0.1, 0.15) is 42.1 Å². The molecule has 210 valence electrons. The van der Waals surface area contributed by atoms with Gasteiger partial charge in [0.2, 0.25) is 0 Å². The molecule has 40 heavy (non-hydrogen) atoms. The summed E-state index contributed by atoms with van der Waals surface area (Å²) < 4.78 is 34.8. The van der Waals surface area contributed by atoms with Gasteiger partial charge in [-0.25, -0.2) is 13.6 Å². The van der Waals surface area contributed by atoms with Crippen LogP contribution < -0.4 is 32.5 Å². The molecular formula is C27H30F2N8O3. The lowest BCUT2D eigenvalue weighted by molar-refractivity contribution is 0.102. The van der Waals surface area contributed by atoms with Gasteiger partial charge in [0.1, 0.15) is 11.6 Å². The molecule has 1 aromatic heterocycles. The maximum absolute atomic E-state index is 14.0. The zero-order valence-electron chi connectivity index (χ0n) is 21.7. The van der Waals surface area contributed by atoms with Gasteiger partial charge in [-0.2, -0.15) is 4.98 Å². The van der Waals surface area contributed by atoms with Crippen molar-refractivity contribution in [3.63, 3.8) is 0 Å². The number of hydrogen-bond acceptors (Lipinski definition) is 7. The molecule has 1 saturated heterocycles. The number of rotatable bonds is 7. The van der Waals surface area contributed by atoms with E-state index >= 15 is 0 Å². The van der Waals surface area contributed by atoms with E-state index in [4.69, 9.17) is 16.2 Å². The fourth-order valence-corrected chi connectivity index (χ4v) is 4.91. The van der Waals surface area contributed by atoms with Crippen molar-refractivity contribution in [3.05, 3.63) is 70.3 Å². The first-order valence-corrected chi connectivity index (χ1v) is 13.0. The van der Waals surface area contributed by atoms with Crippen LogP contribution in [0.25, 0.3) is 0 Å². The molecule has 2 aliphatic rings. The third kappa shape index (κ3) is 6.20. The molecule has 3 heterocycles. The molecular weight excluding hydrogens is 522 g/mol. The van der Waals surface area contributed by atoms with Crippen molar-refractivity contribution in [2.45, 2.75) is 31.7 Å². The highest BCUT2D eigenvalue weighted by atomic mass is 19.1. The number of nitrogens with one attached hydrogen (secondary N) is 2. The van der Waals surface area contributed by atoms with E-state index in [2.05, 4.69) is 25.5 Å². The first kappa shape index (κ1) is 27.1. The minimum atomic E-state index is -0.883. The molecule has 1 atom stereocenters. The van der Waals surface area contributed by atoms with E-state index in [0.717, 1.165) is 57.5 Å². The van der Waals surface area contributed by atoms with Crippen molar-refractivity contribution in [3.8, 4) is 11.5 Å². The Balaban J connectivity index is 1.26. The topological polar surface area (TPSA) is 153 Å². The standard InChI is InChI=1S/C27H30F2N8O3/c28-17-5-6-20(19(29)14-17)34-25(38)16-4-7-22-21(13-16)33-24-23(40-22)15-37(27(39)35-24)18-3-1-10-36(12-8-18)11-2-9-32-26(30)31/h4-7,13-15,18H,1-3,8-12H2,(H,34,38)(H4,30,31,32)(H,33,35,39). The highest BCUT2D eigenvalue weighted by Crippen LogP contribution is 2.41. The molecule has 1 amide bonds. The number of aliphatic imine (C=N–C) groups is 1. The zero-order chi connectivity index (χ0) is 28.2. The monoisotopic (exact) mass is 552 g/mol. The van der Waals surface area contributed by atoms with Crippen molar-refractivity contribution < 1.29 is 18.3 Å². The van der Waals surface area contributed by atoms with Gasteiger partial charge in [-0.1, -0.05) is 0 Å². The van der Waals surface area contributed by atoms with E-state index < -0.39 is 23.2 Å². The van der Waals surface area contributed by atoms with Crippen LogP contribution in [0.4, 0.5) is 26.0 Å². The quantitative estimate of drug-likeness (QED) is 0.155. The number of nitrogens with two attached hydrogens (primary N) is 2. The Morgan fingerprint density at radius 2 is 2.00 bits per heavy atom. The first-order chi connectivity index (χ1) is 19.3. The number of aromatic nitrogens is 2. The summed E-state index contributed by atoms with van der Waals surface area (Å²) in [7, 11) is 0. The number of nitrogens with zero attached hydrogens (tertiary/aromatic N) is 4. The van der Waals surface area contributed by atoms with E-state index in [9.17, 15) is 18.4 Å². The van der Waals surface area contributed by atoms with E-state index in [1.807, 2.05) is 0 Å². The van der Waals surface area contributed by atoms with Gasteiger partial charge < -0.3 is 31.7 Å². The van der Waals surface area contributed by atoms with Crippen LogP contribution in [0.5, 0.6) is 11.5 Å². The molecule has 13 heteroatoms. The number of hydrogen-bond donors (Lipinski definition) is 4. The molecule has 11 nitrogen and oxygen atoms in total. The second kappa shape index (κ2) is 11.7. The second-order valence-electron chi connectivity index (χ2n) is 9.75. The summed E-state index contributed by atoms with van der Waals surface area (Å²) in [6.07, 6.45) is 5.10. The number of carbonyl (C=O) groups excluding carboxylic acids is 1. The molecule has 1 unspecified atom stereocenters. The largest absolute Gasteiger partial charge is 0.450 e. The maximum Gasteiger partial charge on any atom is 0.350 e. The predicted molar refractivity (Wildman–Crippen MR) is 147 cm³/mol. The smallest absolute Gasteiger partial charge is 0.350 e. The number of fused-ring (bicyclic) bond motifs is 2. The molecule has 6 N–H and O–H groups in total. The lowest BCUT2D eigenvalue weighted by atomic mass is 10.1. The summed E-state index contributed by atoms with van der Waals surface area (Å²) in [4.78, 5) is 36.3. The fourth-order valence-electron chi connectivity index (χ4n) is 4.91. The van der Waals surface area contributed by atoms with Crippen LogP contribution in [0.2, 0.25) is 0 Å². The van der Waals surface area contributed by atoms with E-state index in [0.29, 0.717) is 29.8 Å². The van der Waals surface area contributed by atoms with Gasteiger partial charge in [-0.15, -0.1) is 0 Å². The molecule has 0 bridgehead atoms. The highest BCUT2D eigenvalue weighted by Gasteiger charge is 2.25. The lowest BCUT2D eigenvalue weighted by Gasteiger charge is -2.24. The minimum absolute atomic E-state index is 0.0177. The molecule has 1 fully saturated rings. The molecule has 0 radical (unpaired) electrons. The number of amides is 1. The van der Waals surface area contributed by atoms with Gasteiger partial charge in [0.15, 0.2) is 23.3 Å². The summed E-state index contributed by atoms with van der Waals surface area (Å²) in [6, 6.07) is 7.51. The summed E-state index contributed by atoms with van der Waals surface area (Å²) in [5, 5.41) is 5.48. The summed E-state index contributed by atoms with van der Waals surface area (Å²) in [5.41, 5.74) is 10.9.